The van der Waals surface area contributed by atoms with Crippen LogP contribution in [0.25, 0.3) is 0 Å². The van der Waals surface area contributed by atoms with Crippen LogP contribution in [0, 0.1) is 0 Å². The van der Waals surface area contributed by atoms with Crippen molar-refractivity contribution >= 4 is 35.0 Å². The van der Waals surface area contributed by atoms with Crippen LogP contribution < -0.4 is 15.4 Å². The molecule has 0 saturated heterocycles. The molecule has 1 atom stereocenters. The predicted molar refractivity (Wildman–Crippen MR) is 112 cm³/mol. The van der Waals surface area contributed by atoms with Gasteiger partial charge in [-0.05, 0) is 42.7 Å². The lowest BCUT2D eigenvalue weighted by atomic mass is 10.0. The van der Waals surface area contributed by atoms with E-state index in [1.807, 2.05) is 24.3 Å². The summed E-state index contributed by atoms with van der Waals surface area (Å²) >= 11 is 11.7. The van der Waals surface area contributed by atoms with Gasteiger partial charge in [-0.25, -0.2) is 0 Å². The van der Waals surface area contributed by atoms with Gasteiger partial charge in [0, 0.05) is 18.7 Å². The van der Waals surface area contributed by atoms with Gasteiger partial charge in [-0.15, -0.1) is 0 Å². The number of para-hydroxylation sites is 1. The average Bonchev–Trinajstić information content (AvgIpc) is 2.67. The Kier molecular flexibility index (Phi) is 8.15. The molecule has 0 aliphatic rings. The van der Waals surface area contributed by atoms with Crippen molar-refractivity contribution in [2.24, 2.45) is 0 Å². The Morgan fingerprint density at radius 3 is 2.32 bits per heavy atom. The van der Waals surface area contributed by atoms with E-state index in [-0.39, 0.29) is 24.9 Å². The first-order valence-electron chi connectivity index (χ1n) is 9.06. The zero-order valence-corrected chi connectivity index (χ0v) is 17.6. The van der Waals surface area contributed by atoms with Crippen molar-refractivity contribution in [3.63, 3.8) is 0 Å². The fraction of sp³-hybridized carbons (Fsp3) is 0.333. The normalized spacial score (nSPS) is 11.8. The number of carbonyl (C=O) groups excluding carboxylic acids is 2. The molecule has 7 heteroatoms. The smallest absolute Gasteiger partial charge is 0.260 e. The lowest BCUT2D eigenvalue weighted by Crippen LogP contribution is -2.40. The van der Waals surface area contributed by atoms with Crippen molar-refractivity contribution in [2.45, 2.75) is 32.8 Å². The average molecular weight is 423 g/mol. The molecule has 0 fully saturated rings. The summed E-state index contributed by atoms with van der Waals surface area (Å²) in [7, 11) is 0. The van der Waals surface area contributed by atoms with Crippen LogP contribution >= 0.6 is 23.2 Å². The number of hydrogen-bond donors (Lipinski definition) is 2. The highest BCUT2D eigenvalue weighted by molar-refractivity contribution is 6.42. The summed E-state index contributed by atoms with van der Waals surface area (Å²) in [5.74, 6) is 0.460. The first-order valence-corrected chi connectivity index (χ1v) is 9.81. The number of amides is 2. The minimum absolute atomic E-state index is 0.248. The molecule has 2 N–H and O–H groups in total. The summed E-state index contributed by atoms with van der Waals surface area (Å²) in [4.78, 5) is 24.3. The van der Waals surface area contributed by atoms with Gasteiger partial charge in [-0.1, -0.05) is 55.2 Å². The maximum absolute atomic E-state index is 12.2. The SMILES string of the molecule is CC(Oc1ccccc1C(C)C)C(=O)NCCNC(=O)c1ccc(Cl)c(Cl)c1. The van der Waals surface area contributed by atoms with Gasteiger partial charge in [-0.2, -0.15) is 0 Å². The maximum atomic E-state index is 12.2. The summed E-state index contributed by atoms with van der Waals surface area (Å²) in [6.07, 6.45) is -0.648. The molecular formula is C21H24Cl2N2O3. The van der Waals surface area contributed by atoms with Gasteiger partial charge in [0.1, 0.15) is 5.75 Å². The molecule has 0 aliphatic carbocycles. The number of hydrogen-bond acceptors (Lipinski definition) is 3. The highest BCUT2D eigenvalue weighted by Crippen LogP contribution is 2.26. The molecule has 28 heavy (non-hydrogen) atoms. The fourth-order valence-electron chi connectivity index (χ4n) is 2.55. The van der Waals surface area contributed by atoms with Crippen molar-refractivity contribution in [2.75, 3.05) is 13.1 Å². The summed E-state index contributed by atoms with van der Waals surface area (Å²) in [5, 5.41) is 6.17. The van der Waals surface area contributed by atoms with E-state index in [1.54, 1.807) is 19.1 Å². The van der Waals surface area contributed by atoms with E-state index < -0.39 is 6.10 Å². The van der Waals surface area contributed by atoms with Crippen LogP contribution in [0.5, 0.6) is 5.75 Å². The van der Waals surface area contributed by atoms with E-state index in [4.69, 9.17) is 27.9 Å². The third kappa shape index (κ3) is 6.14. The molecule has 5 nitrogen and oxygen atoms in total. The number of nitrogens with one attached hydrogen (secondary N) is 2. The molecule has 2 rings (SSSR count). The van der Waals surface area contributed by atoms with Crippen molar-refractivity contribution in [1.82, 2.24) is 10.6 Å². The molecule has 150 valence electrons. The Labute approximate surface area is 175 Å². The van der Waals surface area contributed by atoms with Crippen LogP contribution in [0.1, 0.15) is 42.6 Å². The quantitative estimate of drug-likeness (QED) is 0.618. The molecule has 0 heterocycles. The number of benzene rings is 2. The first-order chi connectivity index (χ1) is 13.3. The topological polar surface area (TPSA) is 67.4 Å². The highest BCUT2D eigenvalue weighted by atomic mass is 35.5. The van der Waals surface area contributed by atoms with E-state index in [9.17, 15) is 9.59 Å². The molecule has 0 bridgehead atoms. The summed E-state index contributed by atoms with van der Waals surface area (Å²) < 4.78 is 5.81. The molecule has 1 unspecified atom stereocenters. The van der Waals surface area contributed by atoms with Gasteiger partial charge in [0.15, 0.2) is 6.10 Å². The second-order valence-electron chi connectivity index (χ2n) is 6.63. The minimum Gasteiger partial charge on any atom is -0.481 e. The zero-order valence-electron chi connectivity index (χ0n) is 16.1. The monoisotopic (exact) mass is 422 g/mol. The van der Waals surface area contributed by atoms with E-state index in [0.29, 0.717) is 27.3 Å². The van der Waals surface area contributed by atoms with Crippen molar-refractivity contribution in [3.05, 3.63) is 63.6 Å². The van der Waals surface area contributed by atoms with Gasteiger partial charge >= 0.3 is 0 Å². The van der Waals surface area contributed by atoms with Gasteiger partial charge in [0.05, 0.1) is 10.0 Å². The Balaban J connectivity index is 1.79. The Bertz CT molecular complexity index is 840. The Morgan fingerprint density at radius 2 is 1.64 bits per heavy atom. The van der Waals surface area contributed by atoms with Crippen molar-refractivity contribution < 1.29 is 14.3 Å². The van der Waals surface area contributed by atoms with E-state index in [1.165, 1.54) is 6.07 Å². The second-order valence-corrected chi connectivity index (χ2v) is 7.44. The molecule has 2 aromatic rings. The summed E-state index contributed by atoms with van der Waals surface area (Å²) in [6, 6.07) is 12.3. The highest BCUT2D eigenvalue weighted by Gasteiger charge is 2.17. The van der Waals surface area contributed by atoms with Crippen LogP contribution in [-0.4, -0.2) is 31.0 Å². The number of rotatable bonds is 8. The standard InChI is InChI=1S/C21H24Cl2N2O3/c1-13(2)16-6-4-5-7-19(16)28-14(3)20(26)24-10-11-25-21(27)15-8-9-17(22)18(23)12-15/h4-9,12-14H,10-11H2,1-3H3,(H,24,26)(H,25,27). The third-order valence-corrected chi connectivity index (χ3v) is 4.84. The van der Waals surface area contributed by atoms with E-state index >= 15 is 0 Å². The Hall–Kier alpha value is -2.24. The largest absolute Gasteiger partial charge is 0.481 e. The molecule has 0 saturated carbocycles. The van der Waals surface area contributed by atoms with Crippen LogP contribution in [-0.2, 0) is 4.79 Å². The van der Waals surface area contributed by atoms with Crippen LogP contribution in [0.3, 0.4) is 0 Å². The molecule has 0 aromatic heterocycles. The number of halogens is 2. The molecular weight excluding hydrogens is 399 g/mol. The fourth-order valence-corrected chi connectivity index (χ4v) is 2.85. The molecule has 0 spiro atoms. The lowest BCUT2D eigenvalue weighted by Gasteiger charge is -2.18. The van der Waals surface area contributed by atoms with Crippen LogP contribution in [0.15, 0.2) is 42.5 Å². The number of ether oxygens (including phenoxy) is 1. The maximum Gasteiger partial charge on any atom is 0.260 e. The molecule has 0 aliphatic heterocycles. The predicted octanol–water partition coefficient (Wildman–Crippen LogP) is 4.43. The van der Waals surface area contributed by atoms with Gasteiger partial charge in [-0.3, -0.25) is 9.59 Å². The van der Waals surface area contributed by atoms with Gasteiger partial charge in [0.2, 0.25) is 0 Å². The lowest BCUT2D eigenvalue weighted by molar-refractivity contribution is -0.127. The summed E-state index contributed by atoms with van der Waals surface area (Å²) in [5.41, 5.74) is 1.46. The van der Waals surface area contributed by atoms with Crippen LogP contribution in [0.4, 0.5) is 0 Å². The zero-order chi connectivity index (χ0) is 20.7. The van der Waals surface area contributed by atoms with Crippen LogP contribution in [0.2, 0.25) is 10.0 Å². The second kappa shape index (κ2) is 10.3. The molecule has 2 amide bonds. The van der Waals surface area contributed by atoms with Crippen molar-refractivity contribution in [1.29, 1.82) is 0 Å². The summed E-state index contributed by atoms with van der Waals surface area (Å²) in [6.45, 7) is 6.40. The van der Waals surface area contributed by atoms with E-state index in [2.05, 4.69) is 24.5 Å². The molecule has 2 aromatic carbocycles. The first kappa shape index (κ1) is 22.1. The Morgan fingerprint density at radius 1 is 0.964 bits per heavy atom. The number of carbonyl (C=O) groups is 2. The minimum atomic E-state index is -0.648. The van der Waals surface area contributed by atoms with E-state index in [0.717, 1.165) is 5.56 Å². The third-order valence-electron chi connectivity index (χ3n) is 4.11. The van der Waals surface area contributed by atoms with Gasteiger partial charge in [0.25, 0.3) is 11.8 Å². The van der Waals surface area contributed by atoms with Gasteiger partial charge < -0.3 is 15.4 Å². The molecule has 0 radical (unpaired) electrons. The van der Waals surface area contributed by atoms with Crippen molar-refractivity contribution in [3.8, 4) is 5.75 Å².